The second-order valence-electron chi connectivity index (χ2n) is 3.71. The van der Waals surface area contributed by atoms with E-state index in [2.05, 4.69) is 12.7 Å². The SMILES string of the molecule is C=C(C)[C@H]1C=C[C@](C)(O)CC1. The van der Waals surface area contributed by atoms with Crippen LogP contribution >= 0.6 is 0 Å². The Morgan fingerprint density at radius 2 is 2.36 bits per heavy atom. The highest BCUT2D eigenvalue weighted by Crippen LogP contribution is 2.28. The Kier molecular flexibility index (Phi) is 2.19. The molecule has 0 saturated carbocycles. The summed E-state index contributed by atoms with van der Waals surface area (Å²) in [5.41, 5.74) is 0.614. The van der Waals surface area contributed by atoms with Crippen LogP contribution < -0.4 is 0 Å². The molecule has 1 rings (SSSR count). The first-order valence-electron chi connectivity index (χ1n) is 4.08. The Morgan fingerprint density at radius 3 is 2.73 bits per heavy atom. The summed E-state index contributed by atoms with van der Waals surface area (Å²) in [4.78, 5) is 0. The van der Waals surface area contributed by atoms with Gasteiger partial charge >= 0.3 is 0 Å². The maximum atomic E-state index is 9.56. The van der Waals surface area contributed by atoms with Crippen LogP contribution in [0.25, 0.3) is 0 Å². The maximum Gasteiger partial charge on any atom is 0.0800 e. The van der Waals surface area contributed by atoms with E-state index in [0.29, 0.717) is 5.92 Å². The van der Waals surface area contributed by atoms with Gasteiger partial charge in [-0.25, -0.2) is 0 Å². The van der Waals surface area contributed by atoms with Crippen molar-refractivity contribution in [3.8, 4) is 0 Å². The summed E-state index contributed by atoms with van der Waals surface area (Å²) in [6.45, 7) is 7.78. The van der Waals surface area contributed by atoms with Gasteiger partial charge in [0.25, 0.3) is 0 Å². The van der Waals surface area contributed by atoms with Crippen LogP contribution in [-0.2, 0) is 0 Å². The smallest absolute Gasteiger partial charge is 0.0800 e. The molecule has 0 unspecified atom stereocenters. The van der Waals surface area contributed by atoms with Gasteiger partial charge in [0.05, 0.1) is 5.60 Å². The summed E-state index contributed by atoms with van der Waals surface area (Å²) in [5.74, 6) is 0.482. The van der Waals surface area contributed by atoms with E-state index in [-0.39, 0.29) is 0 Å². The maximum absolute atomic E-state index is 9.56. The Labute approximate surface area is 68.4 Å². The van der Waals surface area contributed by atoms with Gasteiger partial charge in [-0.2, -0.15) is 0 Å². The van der Waals surface area contributed by atoms with Crippen molar-refractivity contribution in [1.29, 1.82) is 0 Å². The highest BCUT2D eigenvalue weighted by atomic mass is 16.3. The molecule has 0 heterocycles. The number of hydrogen-bond acceptors (Lipinski definition) is 1. The van der Waals surface area contributed by atoms with Crippen LogP contribution in [0.3, 0.4) is 0 Å². The van der Waals surface area contributed by atoms with Crippen LogP contribution in [-0.4, -0.2) is 10.7 Å². The molecular formula is C10H16O. The summed E-state index contributed by atoms with van der Waals surface area (Å²) < 4.78 is 0. The van der Waals surface area contributed by atoms with Crippen molar-refractivity contribution in [1.82, 2.24) is 0 Å². The molecule has 1 aliphatic carbocycles. The summed E-state index contributed by atoms with van der Waals surface area (Å²) in [5, 5.41) is 9.56. The van der Waals surface area contributed by atoms with Gasteiger partial charge in [-0.05, 0) is 32.6 Å². The van der Waals surface area contributed by atoms with E-state index in [9.17, 15) is 5.11 Å². The molecule has 0 aromatic rings. The molecule has 0 bridgehead atoms. The molecule has 0 amide bonds. The molecule has 0 aliphatic heterocycles. The first kappa shape index (κ1) is 8.54. The summed E-state index contributed by atoms with van der Waals surface area (Å²) in [7, 11) is 0. The largest absolute Gasteiger partial charge is 0.386 e. The fourth-order valence-corrected chi connectivity index (χ4v) is 1.36. The van der Waals surface area contributed by atoms with Crippen LogP contribution in [0.5, 0.6) is 0 Å². The van der Waals surface area contributed by atoms with Gasteiger partial charge in [-0.15, -0.1) is 0 Å². The molecule has 2 atom stereocenters. The predicted octanol–water partition coefficient (Wildman–Crippen LogP) is 2.28. The lowest BCUT2D eigenvalue weighted by molar-refractivity contribution is 0.0903. The van der Waals surface area contributed by atoms with E-state index in [1.807, 2.05) is 19.9 Å². The molecule has 62 valence electrons. The van der Waals surface area contributed by atoms with Gasteiger partial charge in [0.2, 0.25) is 0 Å². The van der Waals surface area contributed by atoms with Gasteiger partial charge in [-0.1, -0.05) is 24.3 Å². The predicted molar refractivity (Wildman–Crippen MR) is 47.3 cm³/mol. The van der Waals surface area contributed by atoms with Crippen LogP contribution in [0.15, 0.2) is 24.3 Å². The Hall–Kier alpha value is -0.560. The molecule has 0 aromatic carbocycles. The highest BCUT2D eigenvalue weighted by Gasteiger charge is 2.23. The Balaban J connectivity index is 2.63. The van der Waals surface area contributed by atoms with Crippen molar-refractivity contribution in [2.45, 2.75) is 32.3 Å². The Bertz CT molecular complexity index is 189. The molecule has 0 saturated heterocycles. The zero-order chi connectivity index (χ0) is 8.48. The molecule has 1 nitrogen and oxygen atoms in total. The average Bonchev–Trinajstić information content (AvgIpc) is 1.86. The minimum Gasteiger partial charge on any atom is -0.386 e. The van der Waals surface area contributed by atoms with Crippen molar-refractivity contribution >= 4 is 0 Å². The lowest BCUT2D eigenvalue weighted by atomic mass is 9.84. The molecule has 11 heavy (non-hydrogen) atoms. The average molecular weight is 152 g/mol. The van der Waals surface area contributed by atoms with E-state index in [1.54, 1.807) is 0 Å². The number of rotatable bonds is 1. The first-order valence-corrected chi connectivity index (χ1v) is 4.08. The van der Waals surface area contributed by atoms with Crippen LogP contribution in [0, 0.1) is 5.92 Å². The fraction of sp³-hybridized carbons (Fsp3) is 0.600. The molecule has 0 fully saturated rings. The van der Waals surface area contributed by atoms with Crippen molar-refractivity contribution < 1.29 is 5.11 Å². The molecule has 0 spiro atoms. The lowest BCUT2D eigenvalue weighted by Gasteiger charge is -2.27. The van der Waals surface area contributed by atoms with E-state index in [0.717, 1.165) is 12.8 Å². The third-order valence-electron chi connectivity index (χ3n) is 2.28. The number of allylic oxidation sites excluding steroid dienone is 2. The zero-order valence-electron chi connectivity index (χ0n) is 7.30. The van der Waals surface area contributed by atoms with Crippen LogP contribution in [0.4, 0.5) is 0 Å². The molecule has 1 heteroatoms. The van der Waals surface area contributed by atoms with E-state index in [1.165, 1.54) is 5.57 Å². The van der Waals surface area contributed by atoms with Crippen LogP contribution in [0.1, 0.15) is 26.7 Å². The van der Waals surface area contributed by atoms with Gasteiger partial charge < -0.3 is 5.11 Å². The van der Waals surface area contributed by atoms with E-state index < -0.39 is 5.60 Å². The summed E-state index contributed by atoms with van der Waals surface area (Å²) in [6.07, 6.45) is 5.82. The van der Waals surface area contributed by atoms with E-state index in [4.69, 9.17) is 0 Å². The van der Waals surface area contributed by atoms with Gasteiger partial charge in [0.15, 0.2) is 0 Å². The summed E-state index contributed by atoms with van der Waals surface area (Å²) in [6, 6.07) is 0. The normalized spacial score (nSPS) is 37.2. The van der Waals surface area contributed by atoms with Crippen molar-refractivity contribution in [2.24, 2.45) is 5.92 Å². The monoisotopic (exact) mass is 152 g/mol. The van der Waals surface area contributed by atoms with Crippen molar-refractivity contribution in [3.63, 3.8) is 0 Å². The van der Waals surface area contributed by atoms with Gasteiger partial charge in [0.1, 0.15) is 0 Å². The molecule has 0 radical (unpaired) electrons. The second-order valence-corrected chi connectivity index (χ2v) is 3.71. The third kappa shape index (κ3) is 2.19. The third-order valence-corrected chi connectivity index (χ3v) is 2.28. The van der Waals surface area contributed by atoms with E-state index >= 15 is 0 Å². The standard InChI is InChI=1S/C10H16O/c1-8(2)9-4-6-10(3,11)7-5-9/h4,6,9,11H,1,5,7H2,2-3H3/t9-,10-/m0/s1. The minimum absolute atomic E-state index is 0.482. The lowest BCUT2D eigenvalue weighted by Crippen LogP contribution is -2.25. The molecule has 1 N–H and O–H groups in total. The van der Waals surface area contributed by atoms with Gasteiger partial charge in [-0.3, -0.25) is 0 Å². The Morgan fingerprint density at radius 1 is 1.73 bits per heavy atom. The number of hydrogen-bond donors (Lipinski definition) is 1. The molecule has 1 aliphatic rings. The molecular weight excluding hydrogens is 136 g/mol. The van der Waals surface area contributed by atoms with Crippen molar-refractivity contribution in [2.75, 3.05) is 0 Å². The zero-order valence-corrected chi connectivity index (χ0v) is 7.30. The fourth-order valence-electron chi connectivity index (χ4n) is 1.36. The number of aliphatic hydroxyl groups is 1. The van der Waals surface area contributed by atoms with Crippen molar-refractivity contribution in [3.05, 3.63) is 24.3 Å². The van der Waals surface area contributed by atoms with Crippen LogP contribution in [0.2, 0.25) is 0 Å². The summed E-state index contributed by atoms with van der Waals surface area (Å²) >= 11 is 0. The molecule has 0 aromatic heterocycles. The second kappa shape index (κ2) is 2.82. The van der Waals surface area contributed by atoms with Gasteiger partial charge in [0, 0.05) is 0 Å². The topological polar surface area (TPSA) is 20.2 Å². The minimum atomic E-state index is -0.577. The highest BCUT2D eigenvalue weighted by molar-refractivity contribution is 5.14. The quantitative estimate of drug-likeness (QED) is 0.571. The first-order chi connectivity index (χ1) is 5.01.